The zero-order valence-electron chi connectivity index (χ0n) is 9.77. The molecular weight excluding hydrogens is 290 g/mol. The molecule has 90 valence electrons. The van der Waals surface area contributed by atoms with E-state index in [-0.39, 0.29) is 5.78 Å². The highest BCUT2D eigenvalue weighted by Gasteiger charge is 2.09. The highest BCUT2D eigenvalue weighted by atomic mass is 79.9. The number of ketones is 1. The zero-order valence-corrected chi connectivity index (χ0v) is 11.4. The van der Waals surface area contributed by atoms with E-state index in [2.05, 4.69) is 27.5 Å². The van der Waals surface area contributed by atoms with E-state index in [0.29, 0.717) is 6.42 Å². The Balaban J connectivity index is 2.48. The lowest BCUT2D eigenvalue weighted by atomic mass is 9.98. The molecular formula is C15H12BrNO. The molecule has 0 radical (unpaired) electrons. The number of nitrogens with zero attached hydrogens (tertiary/aromatic N) is 1. The summed E-state index contributed by atoms with van der Waals surface area (Å²) < 4.78 is 1.00. The van der Waals surface area contributed by atoms with E-state index in [9.17, 15) is 4.79 Å². The number of hydrogen-bond donors (Lipinski definition) is 0. The predicted molar refractivity (Wildman–Crippen MR) is 76.3 cm³/mol. The second kappa shape index (κ2) is 5.74. The Morgan fingerprint density at radius 1 is 1.28 bits per heavy atom. The van der Waals surface area contributed by atoms with Gasteiger partial charge in [0, 0.05) is 23.3 Å². The van der Waals surface area contributed by atoms with Crippen LogP contribution >= 0.6 is 15.9 Å². The molecule has 0 spiro atoms. The molecule has 0 saturated heterocycles. The molecule has 0 unspecified atom stereocenters. The van der Waals surface area contributed by atoms with Crippen molar-refractivity contribution in [2.24, 2.45) is 0 Å². The van der Waals surface area contributed by atoms with Crippen LogP contribution in [0, 0.1) is 0 Å². The van der Waals surface area contributed by atoms with Crippen LogP contribution < -0.4 is 0 Å². The van der Waals surface area contributed by atoms with Gasteiger partial charge in [-0.15, -0.1) is 0 Å². The Kier molecular flexibility index (Phi) is 4.05. The van der Waals surface area contributed by atoms with Crippen LogP contribution in [0.2, 0.25) is 0 Å². The van der Waals surface area contributed by atoms with Gasteiger partial charge in [0.2, 0.25) is 0 Å². The van der Waals surface area contributed by atoms with Gasteiger partial charge in [-0.05, 0) is 34.9 Å². The molecule has 2 aromatic rings. The van der Waals surface area contributed by atoms with Crippen LogP contribution in [0.3, 0.4) is 0 Å². The fourth-order valence-corrected chi connectivity index (χ4v) is 2.27. The van der Waals surface area contributed by atoms with Gasteiger partial charge in [-0.2, -0.15) is 0 Å². The molecule has 1 aromatic heterocycles. The van der Waals surface area contributed by atoms with Gasteiger partial charge in [-0.25, -0.2) is 0 Å². The van der Waals surface area contributed by atoms with Gasteiger partial charge in [0.25, 0.3) is 0 Å². The molecule has 2 nitrogen and oxygen atoms in total. The van der Waals surface area contributed by atoms with E-state index < -0.39 is 0 Å². The van der Waals surface area contributed by atoms with Crippen LogP contribution in [0.15, 0.2) is 59.9 Å². The monoisotopic (exact) mass is 301 g/mol. The summed E-state index contributed by atoms with van der Waals surface area (Å²) in [4.78, 5) is 15.6. The Morgan fingerprint density at radius 3 is 2.78 bits per heavy atom. The summed E-state index contributed by atoms with van der Waals surface area (Å²) in [7, 11) is 0. The summed E-state index contributed by atoms with van der Waals surface area (Å²) >= 11 is 3.52. The zero-order chi connectivity index (χ0) is 13.0. The Hall–Kier alpha value is -1.74. The number of rotatable bonds is 4. The minimum atomic E-state index is -0.00342. The van der Waals surface area contributed by atoms with Crippen molar-refractivity contribution < 1.29 is 4.79 Å². The summed E-state index contributed by atoms with van der Waals surface area (Å²) in [6, 6.07) is 9.85. The van der Waals surface area contributed by atoms with Crippen molar-refractivity contribution in [1.29, 1.82) is 0 Å². The molecule has 0 atom stereocenters. The summed E-state index contributed by atoms with van der Waals surface area (Å²) in [5.74, 6) is -0.00342. The number of benzene rings is 1. The first kappa shape index (κ1) is 12.7. The lowest BCUT2D eigenvalue weighted by Gasteiger charge is -2.09. The topological polar surface area (TPSA) is 30.0 Å². The van der Waals surface area contributed by atoms with Crippen LogP contribution in [-0.4, -0.2) is 10.8 Å². The van der Waals surface area contributed by atoms with Crippen molar-refractivity contribution in [2.75, 3.05) is 0 Å². The number of halogens is 1. The standard InChI is InChI=1S/C15H12BrNO/c1-2-12(18)9-11-10-17-8-7-13(11)14-5-3-4-6-15(14)16/h2-8,10H,1,9H2. The lowest BCUT2D eigenvalue weighted by molar-refractivity contribution is -0.114. The molecule has 0 N–H and O–H groups in total. The highest BCUT2D eigenvalue weighted by Crippen LogP contribution is 2.30. The largest absolute Gasteiger partial charge is 0.295 e. The third kappa shape index (κ3) is 2.74. The van der Waals surface area contributed by atoms with Crippen molar-refractivity contribution >= 4 is 21.7 Å². The summed E-state index contributed by atoms with van der Waals surface area (Å²) in [6.45, 7) is 3.50. The van der Waals surface area contributed by atoms with E-state index in [1.54, 1.807) is 12.4 Å². The minimum Gasteiger partial charge on any atom is -0.295 e. The summed E-state index contributed by atoms with van der Waals surface area (Å²) in [6.07, 6.45) is 5.14. The maximum atomic E-state index is 11.5. The molecule has 0 aliphatic rings. The molecule has 0 aliphatic carbocycles. The summed E-state index contributed by atoms with van der Waals surface area (Å²) in [5, 5.41) is 0. The first-order valence-corrected chi connectivity index (χ1v) is 6.34. The highest BCUT2D eigenvalue weighted by molar-refractivity contribution is 9.10. The minimum absolute atomic E-state index is 0.00342. The van der Waals surface area contributed by atoms with E-state index in [0.717, 1.165) is 21.2 Å². The van der Waals surface area contributed by atoms with E-state index in [1.807, 2.05) is 30.3 Å². The number of hydrogen-bond acceptors (Lipinski definition) is 2. The molecule has 0 aliphatic heterocycles. The second-order valence-electron chi connectivity index (χ2n) is 3.86. The van der Waals surface area contributed by atoms with Gasteiger partial charge in [-0.1, -0.05) is 40.7 Å². The van der Waals surface area contributed by atoms with Gasteiger partial charge in [-0.3, -0.25) is 9.78 Å². The van der Waals surface area contributed by atoms with Crippen molar-refractivity contribution in [3.05, 3.63) is 65.4 Å². The number of carbonyl (C=O) groups excluding carboxylic acids is 1. The van der Waals surface area contributed by atoms with Crippen LogP contribution in [0.4, 0.5) is 0 Å². The fraction of sp³-hybridized carbons (Fsp3) is 0.0667. The van der Waals surface area contributed by atoms with Crippen molar-refractivity contribution in [3.63, 3.8) is 0 Å². The first-order valence-electron chi connectivity index (χ1n) is 5.55. The molecule has 1 heterocycles. The van der Waals surface area contributed by atoms with Crippen molar-refractivity contribution in [1.82, 2.24) is 4.98 Å². The normalized spacial score (nSPS) is 10.1. The summed E-state index contributed by atoms with van der Waals surface area (Å²) in [5.41, 5.74) is 2.99. The smallest absolute Gasteiger partial charge is 0.159 e. The van der Waals surface area contributed by atoms with E-state index in [1.165, 1.54) is 6.08 Å². The van der Waals surface area contributed by atoms with Crippen LogP contribution in [0.5, 0.6) is 0 Å². The van der Waals surface area contributed by atoms with Gasteiger partial charge < -0.3 is 0 Å². The number of aromatic nitrogens is 1. The SMILES string of the molecule is C=CC(=O)Cc1cnccc1-c1ccccc1Br. The average Bonchev–Trinajstić information content (AvgIpc) is 2.40. The Morgan fingerprint density at radius 2 is 2.06 bits per heavy atom. The average molecular weight is 302 g/mol. The predicted octanol–water partition coefficient (Wildman–Crippen LogP) is 3.81. The fourth-order valence-electron chi connectivity index (χ4n) is 1.77. The van der Waals surface area contributed by atoms with Gasteiger partial charge in [0.15, 0.2) is 5.78 Å². The number of pyridine rings is 1. The molecule has 0 saturated carbocycles. The molecule has 2 rings (SSSR count). The van der Waals surface area contributed by atoms with Crippen LogP contribution in [0.25, 0.3) is 11.1 Å². The third-order valence-electron chi connectivity index (χ3n) is 2.66. The molecule has 3 heteroatoms. The van der Waals surface area contributed by atoms with Crippen molar-refractivity contribution in [3.8, 4) is 11.1 Å². The van der Waals surface area contributed by atoms with E-state index >= 15 is 0 Å². The molecule has 18 heavy (non-hydrogen) atoms. The lowest BCUT2D eigenvalue weighted by Crippen LogP contribution is -2.00. The number of allylic oxidation sites excluding steroid dienone is 1. The molecule has 1 aromatic carbocycles. The molecule has 0 amide bonds. The first-order chi connectivity index (χ1) is 8.72. The maximum Gasteiger partial charge on any atom is 0.159 e. The van der Waals surface area contributed by atoms with Crippen LogP contribution in [0.1, 0.15) is 5.56 Å². The van der Waals surface area contributed by atoms with E-state index in [4.69, 9.17) is 0 Å². The maximum absolute atomic E-state index is 11.5. The van der Waals surface area contributed by atoms with Crippen LogP contribution in [-0.2, 0) is 11.2 Å². The van der Waals surface area contributed by atoms with Gasteiger partial charge in [0.05, 0.1) is 0 Å². The van der Waals surface area contributed by atoms with Crippen molar-refractivity contribution in [2.45, 2.75) is 6.42 Å². The third-order valence-corrected chi connectivity index (χ3v) is 3.35. The Labute approximate surface area is 115 Å². The van der Waals surface area contributed by atoms with Gasteiger partial charge >= 0.3 is 0 Å². The number of carbonyl (C=O) groups is 1. The quantitative estimate of drug-likeness (QED) is 0.804. The van der Waals surface area contributed by atoms with Gasteiger partial charge in [0.1, 0.15) is 0 Å². The second-order valence-corrected chi connectivity index (χ2v) is 4.71. The molecule has 0 fully saturated rings. The molecule has 0 bridgehead atoms. The Bertz CT molecular complexity index is 593.